The summed E-state index contributed by atoms with van der Waals surface area (Å²) >= 11 is 0.956. The Bertz CT molecular complexity index is 95.8. The van der Waals surface area contributed by atoms with Crippen molar-refractivity contribution in [3.8, 4) is 18.6 Å². The van der Waals surface area contributed by atoms with Gasteiger partial charge in [-0.2, -0.15) is 0 Å². The molecular formula is C4H3NOS. The average molecular weight is 113 g/mol. The van der Waals surface area contributed by atoms with Gasteiger partial charge < -0.3 is 4.18 Å². The van der Waals surface area contributed by atoms with Gasteiger partial charge in [-0.25, -0.2) is 0 Å². The Morgan fingerprint density at radius 2 is 2.57 bits per heavy atom. The number of hydrogen-bond donors (Lipinski definition) is 0. The Hall–Kier alpha value is -0.800. The van der Waals surface area contributed by atoms with Crippen LogP contribution in [0.5, 0.6) is 0 Å². The number of hydrogen-bond acceptors (Lipinski definition) is 3. The van der Waals surface area contributed by atoms with Crippen molar-refractivity contribution >= 4 is 12.0 Å². The van der Waals surface area contributed by atoms with E-state index in [2.05, 4.69) is 10.1 Å². The summed E-state index contributed by atoms with van der Waals surface area (Å²) in [4.78, 5) is 0. The van der Waals surface area contributed by atoms with Gasteiger partial charge in [0.15, 0.2) is 0 Å². The lowest BCUT2D eigenvalue weighted by molar-refractivity contribution is 0.597. The van der Waals surface area contributed by atoms with Crippen molar-refractivity contribution in [2.45, 2.75) is 0 Å². The van der Waals surface area contributed by atoms with E-state index in [1.807, 2.05) is 0 Å². The number of nitriles is 1. The molecule has 0 aliphatic rings. The fourth-order valence-electron chi connectivity index (χ4n) is 0.0898. The second kappa shape index (κ2) is 5.20. The fourth-order valence-corrected chi connectivity index (χ4v) is 0.270. The predicted octanol–water partition coefficient (Wildman–Crippen LogP) is 0.765. The van der Waals surface area contributed by atoms with Crippen molar-refractivity contribution in [1.29, 1.82) is 5.26 Å². The molecule has 0 rings (SSSR count). The van der Waals surface area contributed by atoms with Crippen LogP contribution >= 0.6 is 12.0 Å². The van der Waals surface area contributed by atoms with E-state index >= 15 is 0 Å². The van der Waals surface area contributed by atoms with Crippen LogP contribution in [0.4, 0.5) is 0 Å². The van der Waals surface area contributed by atoms with Gasteiger partial charge in [-0.05, 0) is 0 Å². The minimum Gasteiger partial charge on any atom is -0.351 e. The van der Waals surface area contributed by atoms with Gasteiger partial charge in [0.25, 0.3) is 6.26 Å². The van der Waals surface area contributed by atoms with E-state index in [0.717, 1.165) is 12.0 Å². The monoisotopic (exact) mass is 113 g/mol. The van der Waals surface area contributed by atoms with E-state index in [4.69, 9.17) is 11.7 Å². The first-order chi connectivity index (χ1) is 3.41. The van der Waals surface area contributed by atoms with Crippen LogP contribution in [0.25, 0.3) is 0 Å². The molecule has 0 fully saturated rings. The quantitative estimate of drug-likeness (QED) is 0.229. The van der Waals surface area contributed by atoms with Gasteiger partial charge in [0.05, 0.1) is 17.8 Å². The van der Waals surface area contributed by atoms with Crippen molar-refractivity contribution in [2.75, 3.05) is 5.75 Å². The van der Waals surface area contributed by atoms with E-state index < -0.39 is 0 Å². The zero-order chi connectivity index (χ0) is 5.54. The predicted molar refractivity (Wildman–Crippen MR) is 28.0 cm³/mol. The average Bonchev–Trinajstić information content (AvgIpc) is 1.69. The standard InChI is InChI=1S/C4H3NOS/c1-2-3-7-6-4-5/h1H,3H2. The van der Waals surface area contributed by atoms with Crippen LogP contribution in [0.2, 0.25) is 0 Å². The summed E-state index contributed by atoms with van der Waals surface area (Å²) in [5, 5.41) is 7.73. The SMILES string of the molecule is C#CCSOC#N. The van der Waals surface area contributed by atoms with Crippen molar-refractivity contribution in [3.63, 3.8) is 0 Å². The highest BCUT2D eigenvalue weighted by Crippen LogP contribution is 1.96. The van der Waals surface area contributed by atoms with Gasteiger partial charge in [0.1, 0.15) is 0 Å². The minimum absolute atomic E-state index is 0.424. The molecule has 0 aromatic heterocycles. The smallest absolute Gasteiger partial charge is 0.299 e. The molecule has 3 heteroatoms. The lowest BCUT2D eigenvalue weighted by atomic mass is 10.8. The lowest BCUT2D eigenvalue weighted by Gasteiger charge is -1.80. The molecule has 0 saturated carbocycles. The second-order valence-electron chi connectivity index (χ2n) is 0.641. The first-order valence-corrected chi connectivity index (χ1v) is 2.44. The zero-order valence-corrected chi connectivity index (χ0v) is 4.36. The first-order valence-electron chi connectivity index (χ1n) is 1.53. The summed E-state index contributed by atoms with van der Waals surface area (Å²) in [5.41, 5.74) is 0. The van der Waals surface area contributed by atoms with Gasteiger partial charge in [-0.1, -0.05) is 5.92 Å². The molecule has 0 aromatic carbocycles. The van der Waals surface area contributed by atoms with Gasteiger partial charge in [0.2, 0.25) is 0 Å². The Kier molecular flexibility index (Phi) is 4.61. The van der Waals surface area contributed by atoms with Crippen molar-refractivity contribution < 1.29 is 4.18 Å². The Labute approximate surface area is 46.7 Å². The molecule has 0 aliphatic heterocycles. The molecule has 0 bridgehead atoms. The summed E-state index contributed by atoms with van der Waals surface area (Å²) < 4.78 is 4.15. The maximum absolute atomic E-state index is 7.73. The highest BCUT2D eigenvalue weighted by Gasteiger charge is 1.77. The third-order valence-electron chi connectivity index (χ3n) is 0.238. The maximum atomic E-state index is 7.73. The zero-order valence-electron chi connectivity index (χ0n) is 3.55. The third-order valence-corrected chi connectivity index (χ3v) is 0.715. The van der Waals surface area contributed by atoms with Crippen LogP contribution in [0.3, 0.4) is 0 Å². The van der Waals surface area contributed by atoms with Crippen molar-refractivity contribution in [3.05, 3.63) is 0 Å². The van der Waals surface area contributed by atoms with Crippen LogP contribution in [-0.4, -0.2) is 5.75 Å². The second-order valence-corrected chi connectivity index (χ2v) is 1.33. The fraction of sp³-hybridized carbons (Fsp3) is 0.250. The molecule has 0 N–H and O–H groups in total. The molecule has 0 unspecified atom stereocenters. The van der Waals surface area contributed by atoms with E-state index in [9.17, 15) is 0 Å². The Morgan fingerprint density at radius 1 is 1.86 bits per heavy atom. The molecule has 36 valence electrons. The molecule has 0 radical (unpaired) electrons. The first kappa shape index (κ1) is 6.20. The normalized spacial score (nSPS) is 6.00. The number of nitrogens with zero attached hydrogens (tertiary/aromatic N) is 1. The van der Waals surface area contributed by atoms with Crippen LogP contribution in [-0.2, 0) is 4.18 Å². The molecule has 0 aliphatic carbocycles. The molecular weight excluding hydrogens is 110 g/mol. The summed E-state index contributed by atoms with van der Waals surface area (Å²) in [5.74, 6) is 2.71. The summed E-state index contributed by atoms with van der Waals surface area (Å²) in [6.07, 6.45) is 6.28. The highest BCUT2D eigenvalue weighted by molar-refractivity contribution is 7.94. The largest absolute Gasteiger partial charge is 0.351 e. The minimum atomic E-state index is 0.424. The number of terminal acetylenes is 1. The molecule has 0 saturated heterocycles. The maximum Gasteiger partial charge on any atom is 0.299 e. The van der Waals surface area contributed by atoms with Crippen LogP contribution in [0.15, 0.2) is 0 Å². The van der Waals surface area contributed by atoms with Gasteiger partial charge >= 0.3 is 0 Å². The molecule has 0 amide bonds. The summed E-state index contributed by atoms with van der Waals surface area (Å²) in [6, 6.07) is 0. The Morgan fingerprint density at radius 3 is 3.00 bits per heavy atom. The molecule has 0 spiro atoms. The topological polar surface area (TPSA) is 33.0 Å². The molecule has 0 atom stereocenters. The summed E-state index contributed by atoms with van der Waals surface area (Å²) in [6.45, 7) is 0. The van der Waals surface area contributed by atoms with Crippen LogP contribution < -0.4 is 0 Å². The van der Waals surface area contributed by atoms with Crippen LogP contribution in [0, 0.1) is 23.9 Å². The van der Waals surface area contributed by atoms with Crippen molar-refractivity contribution in [1.82, 2.24) is 0 Å². The lowest BCUT2D eigenvalue weighted by Crippen LogP contribution is -1.68. The van der Waals surface area contributed by atoms with Gasteiger partial charge in [-0.3, -0.25) is 0 Å². The Balaban J connectivity index is 2.77. The molecule has 2 nitrogen and oxygen atoms in total. The third kappa shape index (κ3) is 5.20. The van der Waals surface area contributed by atoms with Gasteiger partial charge in [-0.15, -0.1) is 11.7 Å². The van der Waals surface area contributed by atoms with Gasteiger partial charge in [0, 0.05) is 0 Å². The van der Waals surface area contributed by atoms with E-state index in [-0.39, 0.29) is 0 Å². The van der Waals surface area contributed by atoms with E-state index in [0.29, 0.717) is 5.75 Å². The van der Waals surface area contributed by atoms with Crippen molar-refractivity contribution in [2.24, 2.45) is 0 Å². The summed E-state index contributed by atoms with van der Waals surface area (Å²) in [7, 11) is 0. The van der Waals surface area contributed by atoms with E-state index in [1.165, 1.54) is 6.26 Å². The van der Waals surface area contributed by atoms with E-state index in [1.54, 1.807) is 0 Å². The highest BCUT2D eigenvalue weighted by atomic mass is 32.2. The van der Waals surface area contributed by atoms with Crippen LogP contribution in [0.1, 0.15) is 0 Å². The number of rotatable bonds is 2. The molecule has 7 heavy (non-hydrogen) atoms. The molecule has 0 heterocycles. The molecule has 0 aromatic rings.